The second kappa shape index (κ2) is 13.0. The number of benzene rings is 3. The van der Waals surface area contributed by atoms with Gasteiger partial charge in [-0.3, -0.25) is 0 Å². The van der Waals surface area contributed by atoms with Crippen molar-refractivity contribution in [2.24, 2.45) is 5.73 Å². The van der Waals surface area contributed by atoms with E-state index in [1.165, 1.54) is 24.3 Å². The fraction of sp³-hybridized carbons (Fsp3) is 0.310. The molecule has 0 aliphatic carbocycles. The molecule has 3 aromatic carbocycles. The molecule has 42 heavy (non-hydrogen) atoms. The Morgan fingerprint density at radius 1 is 0.881 bits per heavy atom. The summed E-state index contributed by atoms with van der Waals surface area (Å²) in [6, 6.07) is 14.3. The quantitative estimate of drug-likeness (QED) is 0.106. The number of ether oxygens (including phenoxy) is 4. The third-order valence-corrected chi connectivity index (χ3v) is 6.67. The minimum atomic E-state index is -1.01. The van der Waals surface area contributed by atoms with E-state index in [4.69, 9.17) is 24.7 Å². The first kappa shape index (κ1) is 29.0. The maximum absolute atomic E-state index is 10.9. The number of aromatic nitrogens is 3. The SMILES string of the molecule is NCCOCCn1cc(COC2c3c(O)cc(O)cc3OC(c3cc(O)c(O)c(O)c3)C2OCc2ccccc2)nn1. The molecule has 7 N–H and O–H groups in total. The van der Waals surface area contributed by atoms with Gasteiger partial charge in [-0.05, 0) is 17.7 Å². The van der Waals surface area contributed by atoms with Crippen LogP contribution in [0.25, 0.3) is 0 Å². The normalized spacial score (nSPS) is 18.0. The number of phenols is 5. The molecule has 2 heterocycles. The van der Waals surface area contributed by atoms with Crippen LogP contribution in [0.2, 0.25) is 0 Å². The van der Waals surface area contributed by atoms with Crippen molar-refractivity contribution in [2.45, 2.75) is 38.1 Å². The highest BCUT2D eigenvalue weighted by Gasteiger charge is 2.43. The molecule has 0 saturated heterocycles. The van der Waals surface area contributed by atoms with Gasteiger partial charge in [-0.1, -0.05) is 35.5 Å². The molecule has 13 nitrogen and oxygen atoms in total. The predicted octanol–water partition coefficient (Wildman–Crippen LogP) is 2.76. The molecule has 0 radical (unpaired) electrons. The molecule has 3 atom stereocenters. The summed E-state index contributed by atoms with van der Waals surface area (Å²) in [6.07, 6.45) is -1.23. The summed E-state index contributed by atoms with van der Waals surface area (Å²) in [5, 5.41) is 59.8. The lowest BCUT2D eigenvalue weighted by Gasteiger charge is -2.39. The Bertz CT molecular complexity index is 1470. The molecule has 0 bridgehead atoms. The minimum absolute atomic E-state index is 0.0297. The van der Waals surface area contributed by atoms with Crippen molar-refractivity contribution in [3.63, 3.8) is 0 Å². The first-order valence-corrected chi connectivity index (χ1v) is 13.3. The Kier molecular flexibility index (Phi) is 8.93. The van der Waals surface area contributed by atoms with Gasteiger partial charge in [-0.2, -0.15) is 0 Å². The average Bonchev–Trinajstić information content (AvgIpc) is 3.43. The molecule has 0 saturated carbocycles. The Hall–Kier alpha value is -4.56. The van der Waals surface area contributed by atoms with Crippen LogP contribution >= 0.6 is 0 Å². The van der Waals surface area contributed by atoms with Gasteiger partial charge >= 0.3 is 0 Å². The lowest BCUT2D eigenvalue weighted by molar-refractivity contribution is -0.144. The monoisotopic (exact) mass is 580 g/mol. The molecule has 3 unspecified atom stereocenters. The van der Waals surface area contributed by atoms with Crippen LogP contribution in [-0.4, -0.2) is 66.4 Å². The summed E-state index contributed by atoms with van der Waals surface area (Å²) < 4.78 is 25.9. The molecule has 0 spiro atoms. The number of nitrogens with zero attached hydrogens (tertiary/aromatic N) is 3. The molecule has 1 aliphatic heterocycles. The number of rotatable bonds is 12. The Balaban J connectivity index is 1.48. The average molecular weight is 581 g/mol. The third-order valence-electron chi connectivity index (χ3n) is 6.67. The van der Waals surface area contributed by atoms with Crippen molar-refractivity contribution in [1.82, 2.24) is 15.0 Å². The van der Waals surface area contributed by atoms with Crippen molar-refractivity contribution in [2.75, 3.05) is 19.8 Å². The number of hydrogen-bond acceptors (Lipinski definition) is 12. The van der Waals surface area contributed by atoms with Gasteiger partial charge in [0.2, 0.25) is 0 Å². The van der Waals surface area contributed by atoms with Gasteiger partial charge in [0.1, 0.15) is 35.2 Å². The number of fused-ring (bicyclic) bond motifs is 1. The van der Waals surface area contributed by atoms with Crippen LogP contribution in [0.5, 0.6) is 34.5 Å². The van der Waals surface area contributed by atoms with Gasteiger partial charge in [0, 0.05) is 24.2 Å². The Labute approximate surface area is 240 Å². The fourth-order valence-corrected chi connectivity index (χ4v) is 4.71. The van der Waals surface area contributed by atoms with E-state index < -0.39 is 35.6 Å². The highest BCUT2D eigenvalue weighted by Crippen LogP contribution is 2.51. The first-order chi connectivity index (χ1) is 20.3. The number of nitrogens with two attached hydrogens (primary N) is 1. The van der Waals surface area contributed by atoms with Crippen molar-refractivity contribution >= 4 is 0 Å². The number of phenolic OH excluding ortho intramolecular Hbond substituents is 5. The van der Waals surface area contributed by atoms with Gasteiger partial charge in [0.05, 0.1) is 44.7 Å². The topological polar surface area (TPSA) is 195 Å². The molecule has 0 fully saturated rings. The van der Waals surface area contributed by atoms with Crippen LogP contribution in [0.15, 0.2) is 60.8 Å². The Morgan fingerprint density at radius 3 is 2.38 bits per heavy atom. The predicted molar refractivity (Wildman–Crippen MR) is 147 cm³/mol. The summed E-state index contributed by atoms with van der Waals surface area (Å²) in [4.78, 5) is 0. The van der Waals surface area contributed by atoms with Gasteiger partial charge in [0.15, 0.2) is 23.4 Å². The Morgan fingerprint density at radius 2 is 1.64 bits per heavy atom. The van der Waals surface area contributed by atoms with Crippen molar-refractivity contribution in [3.8, 4) is 34.5 Å². The standard InChI is InChI=1S/C29H32N4O9/c30-6-8-39-9-7-33-14-19(31-32-33)16-41-28-25-21(35)12-20(34)13-24(25)42-27(18-10-22(36)26(38)23(37)11-18)29(28)40-15-17-4-2-1-3-5-17/h1-5,10-14,27-29,34-38H,6-9,15-16,30H2. The van der Waals surface area contributed by atoms with Crippen LogP contribution < -0.4 is 10.5 Å². The van der Waals surface area contributed by atoms with E-state index in [-0.39, 0.29) is 41.6 Å². The third kappa shape index (κ3) is 6.50. The largest absolute Gasteiger partial charge is 0.508 e. The van der Waals surface area contributed by atoms with Gasteiger partial charge < -0.3 is 50.2 Å². The molecular weight excluding hydrogens is 548 g/mol. The van der Waals surface area contributed by atoms with Crippen LogP contribution in [0.1, 0.15) is 34.6 Å². The zero-order valence-electron chi connectivity index (χ0n) is 22.5. The van der Waals surface area contributed by atoms with E-state index in [9.17, 15) is 25.5 Å². The minimum Gasteiger partial charge on any atom is -0.508 e. The zero-order valence-corrected chi connectivity index (χ0v) is 22.5. The maximum Gasteiger partial charge on any atom is 0.200 e. The fourth-order valence-electron chi connectivity index (χ4n) is 4.71. The maximum atomic E-state index is 10.9. The summed E-state index contributed by atoms with van der Waals surface area (Å²) in [5.74, 6) is -2.23. The van der Waals surface area contributed by atoms with Crippen molar-refractivity contribution in [3.05, 3.63) is 83.2 Å². The number of hydrogen-bond donors (Lipinski definition) is 6. The molecule has 5 rings (SSSR count). The van der Waals surface area contributed by atoms with Gasteiger partial charge in [0.25, 0.3) is 0 Å². The molecule has 0 amide bonds. The summed E-state index contributed by atoms with van der Waals surface area (Å²) in [7, 11) is 0. The van der Waals surface area contributed by atoms with Crippen LogP contribution in [0.3, 0.4) is 0 Å². The lowest BCUT2D eigenvalue weighted by Crippen LogP contribution is -2.38. The summed E-state index contributed by atoms with van der Waals surface area (Å²) >= 11 is 0. The first-order valence-electron chi connectivity index (χ1n) is 13.3. The van der Waals surface area contributed by atoms with E-state index in [2.05, 4.69) is 10.3 Å². The summed E-state index contributed by atoms with van der Waals surface area (Å²) in [6.45, 7) is 1.84. The molecule has 222 valence electrons. The van der Waals surface area contributed by atoms with E-state index in [1.54, 1.807) is 10.9 Å². The number of aromatic hydroxyl groups is 5. The van der Waals surface area contributed by atoms with Crippen LogP contribution in [-0.2, 0) is 34.0 Å². The van der Waals surface area contributed by atoms with Crippen LogP contribution in [0, 0.1) is 0 Å². The van der Waals surface area contributed by atoms with Crippen molar-refractivity contribution in [1.29, 1.82) is 0 Å². The smallest absolute Gasteiger partial charge is 0.200 e. The van der Waals surface area contributed by atoms with Gasteiger partial charge in [-0.15, -0.1) is 5.10 Å². The molecular formula is C29H32N4O9. The molecule has 13 heteroatoms. The second-order valence-electron chi connectivity index (χ2n) is 9.69. The van der Waals surface area contributed by atoms with E-state index >= 15 is 0 Å². The van der Waals surface area contributed by atoms with E-state index in [0.29, 0.717) is 32.0 Å². The highest BCUT2D eigenvalue weighted by atomic mass is 16.6. The van der Waals surface area contributed by atoms with Crippen LogP contribution in [0.4, 0.5) is 0 Å². The zero-order chi connectivity index (χ0) is 29.6. The lowest BCUT2D eigenvalue weighted by atomic mass is 9.90. The van der Waals surface area contributed by atoms with E-state index in [0.717, 1.165) is 5.56 Å². The van der Waals surface area contributed by atoms with Gasteiger partial charge in [-0.25, -0.2) is 4.68 Å². The molecule has 1 aromatic heterocycles. The molecule has 4 aromatic rings. The van der Waals surface area contributed by atoms with E-state index in [1.807, 2.05) is 30.3 Å². The molecule has 1 aliphatic rings. The highest BCUT2D eigenvalue weighted by molar-refractivity contribution is 5.55. The van der Waals surface area contributed by atoms with Crippen molar-refractivity contribution < 1.29 is 44.5 Å². The second-order valence-corrected chi connectivity index (χ2v) is 9.69. The summed E-state index contributed by atoms with van der Waals surface area (Å²) in [5.41, 5.74) is 7.29.